The van der Waals surface area contributed by atoms with E-state index in [1.165, 1.54) is 11.9 Å². The minimum absolute atomic E-state index is 0.134. The van der Waals surface area contributed by atoms with Gasteiger partial charge < -0.3 is 20.2 Å². The van der Waals surface area contributed by atoms with Crippen LogP contribution >= 0.6 is 0 Å². The van der Waals surface area contributed by atoms with Gasteiger partial charge in [-0.25, -0.2) is 4.79 Å². The molecule has 0 radical (unpaired) electrons. The minimum atomic E-state index is -1.00. The molecule has 1 saturated heterocycles. The molecule has 0 bridgehead atoms. The number of nitrogens with zero attached hydrogens (tertiary/aromatic N) is 2. The summed E-state index contributed by atoms with van der Waals surface area (Å²) in [6.45, 7) is 3.73. The number of hydrogen-bond donors (Lipinski definition) is 2. The van der Waals surface area contributed by atoms with Crippen molar-refractivity contribution in [3.05, 3.63) is 0 Å². The first kappa shape index (κ1) is 13.8. The van der Waals surface area contributed by atoms with E-state index in [1.54, 1.807) is 0 Å². The van der Waals surface area contributed by atoms with Crippen LogP contribution in [0.3, 0.4) is 0 Å². The van der Waals surface area contributed by atoms with Crippen LogP contribution in [0.5, 0.6) is 0 Å². The molecular formula is C11H21N3O3. The molecule has 2 amide bonds. The Morgan fingerprint density at radius 3 is 2.71 bits per heavy atom. The number of carboxylic acid groups (broad SMARTS) is 1. The van der Waals surface area contributed by atoms with E-state index in [1.807, 2.05) is 0 Å². The summed E-state index contributed by atoms with van der Waals surface area (Å²) in [5.74, 6) is -0.616. The molecule has 0 aromatic carbocycles. The molecule has 1 rings (SSSR count). The van der Waals surface area contributed by atoms with Gasteiger partial charge in [-0.15, -0.1) is 0 Å². The molecule has 1 aliphatic rings. The highest BCUT2D eigenvalue weighted by Crippen LogP contribution is 2.15. The summed E-state index contributed by atoms with van der Waals surface area (Å²) in [5.41, 5.74) is 0. The number of carbonyl (C=O) groups excluding carboxylic acids is 1. The standard InChI is InChI=1S/C11H21N3O3/c1-8-6-13(2)5-4-9(8)12-11(17)14(3)7-10(15)16/h8-9H,4-7H2,1-3H3,(H,12,17)(H,15,16). The summed E-state index contributed by atoms with van der Waals surface area (Å²) in [6, 6.07) is -0.177. The summed E-state index contributed by atoms with van der Waals surface area (Å²) < 4.78 is 0. The van der Waals surface area contributed by atoms with Crippen LogP contribution in [0.4, 0.5) is 4.79 Å². The number of amides is 2. The van der Waals surface area contributed by atoms with Gasteiger partial charge in [0.15, 0.2) is 0 Å². The van der Waals surface area contributed by atoms with Crippen LogP contribution in [0.25, 0.3) is 0 Å². The maximum Gasteiger partial charge on any atom is 0.323 e. The van der Waals surface area contributed by atoms with Crippen molar-refractivity contribution in [3.63, 3.8) is 0 Å². The number of likely N-dealkylation sites (N-methyl/N-ethyl adjacent to an activating group) is 1. The normalized spacial score (nSPS) is 25.4. The van der Waals surface area contributed by atoms with E-state index in [9.17, 15) is 9.59 Å². The Hall–Kier alpha value is -1.30. The van der Waals surface area contributed by atoms with E-state index in [-0.39, 0.29) is 18.6 Å². The Labute approximate surface area is 102 Å². The molecular weight excluding hydrogens is 222 g/mol. The second kappa shape index (κ2) is 5.86. The summed E-state index contributed by atoms with van der Waals surface area (Å²) in [6.07, 6.45) is 0.907. The van der Waals surface area contributed by atoms with E-state index in [2.05, 4.69) is 24.2 Å². The van der Waals surface area contributed by atoms with Gasteiger partial charge in [-0.2, -0.15) is 0 Å². The molecule has 98 valence electrons. The largest absolute Gasteiger partial charge is 0.480 e. The number of likely N-dealkylation sites (tertiary alicyclic amines) is 1. The number of aliphatic carboxylic acids is 1. The van der Waals surface area contributed by atoms with Crippen molar-refractivity contribution >= 4 is 12.0 Å². The van der Waals surface area contributed by atoms with Crippen LogP contribution in [-0.2, 0) is 4.79 Å². The van der Waals surface area contributed by atoms with Crippen molar-refractivity contribution in [2.24, 2.45) is 5.92 Å². The number of rotatable bonds is 3. The molecule has 1 fully saturated rings. The number of nitrogens with one attached hydrogen (secondary N) is 1. The van der Waals surface area contributed by atoms with E-state index in [0.717, 1.165) is 19.5 Å². The highest BCUT2D eigenvalue weighted by Gasteiger charge is 2.26. The van der Waals surface area contributed by atoms with Gasteiger partial charge in [-0.05, 0) is 25.9 Å². The predicted octanol–water partition coefficient (Wildman–Crippen LogP) is 0.0526. The molecule has 2 N–H and O–H groups in total. The first-order valence-electron chi connectivity index (χ1n) is 5.82. The number of hydrogen-bond acceptors (Lipinski definition) is 3. The van der Waals surface area contributed by atoms with Crippen LogP contribution in [0.15, 0.2) is 0 Å². The van der Waals surface area contributed by atoms with Crippen LogP contribution in [0.2, 0.25) is 0 Å². The number of piperidine rings is 1. The number of urea groups is 1. The van der Waals surface area contributed by atoms with Crippen molar-refractivity contribution in [1.29, 1.82) is 0 Å². The summed E-state index contributed by atoms with van der Waals surface area (Å²) >= 11 is 0. The van der Waals surface area contributed by atoms with Gasteiger partial charge in [0.25, 0.3) is 0 Å². The van der Waals surface area contributed by atoms with E-state index >= 15 is 0 Å². The number of carboxylic acids is 1. The fraction of sp³-hybridized carbons (Fsp3) is 0.818. The lowest BCUT2D eigenvalue weighted by molar-refractivity contribution is -0.137. The van der Waals surface area contributed by atoms with Crippen molar-refractivity contribution in [2.45, 2.75) is 19.4 Å². The van der Waals surface area contributed by atoms with E-state index in [4.69, 9.17) is 5.11 Å². The lowest BCUT2D eigenvalue weighted by Crippen LogP contribution is -2.52. The maximum atomic E-state index is 11.7. The van der Waals surface area contributed by atoms with E-state index in [0.29, 0.717) is 5.92 Å². The van der Waals surface area contributed by atoms with Crippen molar-refractivity contribution in [3.8, 4) is 0 Å². The van der Waals surface area contributed by atoms with Crippen LogP contribution < -0.4 is 5.32 Å². The molecule has 17 heavy (non-hydrogen) atoms. The summed E-state index contributed by atoms with van der Waals surface area (Å²) in [7, 11) is 3.55. The molecule has 2 unspecified atom stereocenters. The van der Waals surface area contributed by atoms with Crippen LogP contribution in [-0.4, -0.2) is 66.7 Å². The fourth-order valence-electron chi connectivity index (χ4n) is 2.11. The predicted molar refractivity (Wildman–Crippen MR) is 63.9 cm³/mol. The van der Waals surface area contributed by atoms with Gasteiger partial charge in [0, 0.05) is 19.6 Å². The lowest BCUT2D eigenvalue weighted by Gasteiger charge is -2.35. The molecule has 0 aliphatic carbocycles. The molecule has 6 nitrogen and oxygen atoms in total. The minimum Gasteiger partial charge on any atom is -0.480 e. The zero-order valence-electron chi connectivity index (χ0n) is 10.6. The fourth-order valence-corrected chi connectivity index (χ4v) is 2.11. The van der Waals surface area contributed by atoms with Crippen molar-refractivity contribution in [2.75, 3.05) is 33.7 Å². The molecule has 1 aliphatic heterocycles. The van der Waals surface area contributed by atoms with Gasteiger partial charge >= 0.3 is 12.0 Å². The Balaban J connectivity index is 2.42. The average molecular weight is 243 g/mol. The van der Waals surface area contributed by atoms with Gasteiger partial charge in [0.05, 0.1) is 0 Å². The van der Waals surface area contributed by atoms with Crippen molar-refractivity contribution in [1.82, 2.24) is 15.1 Å². The molecule has 1 heterocycles. The maximum absolute atomic E-state index is 11.7. The quantitative estimate of drug-likeness (QED) is 0.735. The smallest absolute Gasteiger partial charge is 0.323 e. The Morgan fingerprint density at radius 1 is 1.53 bits per heavy atom. The third-order valence-corrected chi connectivity index (χ3v) is 3.14. The molecule has 0 saturated carbocycles. The first-order valence-corrected chi connectivity index (χ1v) is 5.82. The zero-order chi connectivity index (χ0) is 13.0. The van der Waals surface area contributed by atoms with Crippen LogP contribution in [0, 0.1) is 5.92 Å². The second-order valence-corrected chi connectivity index (χ2v) is 4.83. The SMILES string of the molecule is CC1CN(C)CCC1NC(=O)N(C)CC(=O)O. The van der Waals surface area contributed by atoms with Gasteiger partial charge in [0.1, 0.15) is 6.54 Å². The monoisotopic (exact) mass is 243 g/mol. The second-order valence-electron chi connectivity index (χ2n) is 4.83. The van der Waals surface area contributed by atoms with Crippen LogP contribution in [0.1, 0.15) is 13.3 Å². The topological polar surface area (TPSA) is 72.9 Å². The molecule has 0 aromatic rings. The summed E-state index contributed by atoms with van der Waals surface area (Å²) in [5, 5.41) is 11.5. The van der Waals surface area contributed by atoms with Gasteiger partial charge in [-0.3, -0.25) is 4.79 Å². The summed E-state index contributed by atoms with van der Waals surface area (Å²) in [4.78, 5) is 25.6. The third kappa shape index (κ3) is 4.22. The third-order valence-electron chi connectivity index (χ3n) is 3.14. The molecule has 6 heteroatoms. The Morgan fingerprint density at radius 2 is 2.18 bits per heavy atom. The van der Waals surface area contributed by atoms with Gasteiger partial charge in [-0.1, -0.05) is 6.92 Å². The van der Waals surface area contributed by atoms with Gasteiger partial charge in [0.2, 0.25) is 0 Å². The molecule has 0 spiro atoms. The number of carbonyl (C=O) groups is 2. The van der Waals surface area contributed by atoms with E-state index < -0.39 is 5.97 Å². The first-order chi connectivity index (χ1) is 7.90. The zero-order valence-corrected chi connectivity index (χ0v) is 10.6. The highest BCUT2D eigenvalue weighted by molar-refractivity contribution is 5.79. The highest BCUT2D eigenvalue weighted by atomic mass is 16.4. The van der Waals surface area contributed by atoms with Crippen molar-refractivity contribution < 1.29 is 14.7 Å². The lowest BCUT2D eigenvalue weighted by atomic mass is 9.94. The molecule has 0 aromatic heterocycles. The average Bonchev–Trinajstić information content (AvgIpc) is 2.21. The Bertz CT molecular complexity index is 296. The molecule has 2 atom stereocenters. The Kier molecular flexibility index (Phi) is 4.74.